The standard InChI is InChI=1S/C25H26O13/c26-8-24(32)10-34-22(20(24)31)38-21-23(35-11-25(21,33)9-27)36-14-5-15(29)19-16(30)7-17(37-18(19)6-14)12-1-3-13(28)4-2-12/h1-7,20-23,26-29,31-33H,8-11H2/t20-,21-,22-,23-,24+,25+/m0/s1. The third kappa shape index (κ3) is 4.59. The monoisotopic (exact) mass is 534 g/mol. The Balaban J connectivity index is 1.44. The van der Waals surface area contributed by atoms with Gasteiger partial charge in [-0.25, -0.2) is 0 Å². The first kappa shape index (κ1) is 26.3. The van der Waals surface area contributed by atoms with Crippen molar-refractivity contribution in [1.29, 1.82) is 0 Å². The number of benzene rings is 2. The average molecular weight is 534 g/mol. The number of fused-ring (bicyclic) bond motifs is 1. The second-order valence-electron chi connectivity index (χ2n) is 9.34. The summed E-state index contributed by atoms with van der Waals surface area (Å²) in [4.78, 5) is 12.7. The predicted molar refractivity (Wildman–Crippen MR) is 126 cm³/mol. The largest absolute Gasteiger partial charge is 0.508 e. The van der Waals surface area contributed by atoms with Crippen molar-refractivity contribution in [1.82, 2.24) is 0 Å². The number of ether oxygens (including phenoxy) is 4. The van der Waals surface area contributed by atoms with Gasteiger partial charge in [-0.2, -0.15) is 0 Å². The van der Waals surface area contributed by atoms with E-state index < -0.39 is 73.6 Å². The molecule has 7 N–H and O–H groups in total. The molecule has 2 aliphatic heterocycles. The van der Waals surface area contributed by atoms with Gasteiger partial charge in [0, 0.05) is 23.8 Å². The molecule has 3 heterocycles. The molecule has 6 atom stereocenters. The molecule has 13 heteroatoms. The van der Waals surface area contributed by atoms with Crippen LogP contribution < -0.4 is 10.2 Å². The first-order valence-electron chi connectivity index (χ1n) is 11.6. The Morgan fingerprint density at radius 3 is 2.24 bits per heavy atom. The summed E-state index contributed by atoms with van der Waals surface area (Å²) in [5.74, 6) is -0.325. The third-order valence-electron chi connectivity index (χ3n) is 6.60. The Labute approximate surface area is 214 Å². The normalized spacial score (nSPS) is 31.2. The fourth-order valence-corrected chi connectivity index (χ4v) is 4.34. The summed E-state index contributed by atoms with van der Waals surface area (Å²) >= 11 is 0. The molecule has 0 unspecified atom stereocenters. The zero-order chi connectivity index (χ0) is 27.2. The smallest absolute Gasteiger partial charge is 0.229 e. The van der Waals surface area contributed by atoms with Crippen molar-refractivity contribution in [2.45, 2.75) is 36.0 Å². The maximum atomic E-state index is 12.7. The summed E-state index contributed by atoms with van der Waals surface area (Å²) in [6.07, 6.45) is -6.05. The summed E-state index contributed by atoms with van der Waals surface area (Å²) in [6, 6.07) is 9.55. The van der Waals surface area contributed by atoms with Gasteiger partial charge in [-0.05, 0) is 24.3 Å². The Bertz CT molecular complexity index is 1370. The summed E-state index contributed by atoms with van der Waals surface area (Å²) < 4.78 is 27.9. The molecular weight excluding hydrogens is 508 g/mol. The van der Waals surface area contributed by atoms with Crippen LogP contribution in [0.15, 0.2) is 51.7 Å². The van der Waals surface area contributed by atoms with E-state index in [2.05, 4.69) is 0 Å². The van der Waals surface area contributed by atoms with Crippen LogP contribution in [0.5, 0.6) is 17.2 Å². The van der Waals surface area contributed by atoms with E-state index in [0.29, 0.717) is 5.56 Å². The maximum Gasteiger partial charge on any atom is 0.229 e. The third-order valence-corrected chi connectivity index (χ3v) is 6.60. The summed E-state index contributed by atoms with van der Waals surface area (Å²) in [6.45, 7) is -2.52. The van der Waals surface area contributed by atoms with E-state index in [1.165, 1.54) is 24.3 Å². The molecule has 38 heavy (non-hydrogen) atoms. The summed E-state index contributed by atoms with van der Waals surface area (Å²) in [5.41, 5.74) is -4.06. The molecule has 3 aromatic rings. The highest BCUT2D eigenvalue weighted by Gasteiger charge is 2.56. The number of phenols is 2. The molecule has 5 rings (SSSR count). The number of aliphatic hydroxyl groups is 5. The van der Waals surface area contributed by atoms with Crippen molar-refractivity contribution >= 4 is 11.0 Å². The van der Waals surface area contributed by atoms with Crippen molar-refractivity contribution in [3.8, 4) is 28.6 Å². The molecular formula is C25H26O13. The van der Waals surface area contributed by atoms with Crippen LogP contribution in [0.3, 0.4) is 0 Å². The number of aliphatic hydroxyl groups excluding tert-OH is 3. The highest BCUT2D eigenvalue weighted by molar-refractivity contribution is 5.86. The molecule has 2 aromatic carbocycles. The molecule has 0 saturated carbocycles. The molecule has 0 bridgehead atoms. The van der Waals surface area contributed by atoms with Gasteiger partial charge >= 0.3 is 0 Å². The number of phenolic OH excluding ortho intramolecular Hbond substituents is 2. The van der Waals surface area contributed by atoms with Crippen molar-refractivity contribution in [2.24, 2.45) is 0 Å². The SMILES string of the molecule is O=c1cc(-c2ccc(O)cc2)oc2cc(O[C@@H]3OC[C@](O)(CO)[C@H]3O[C@@H]3OC[C@](O)(CO)[C@H]3O)cc(O)c12. The van der Waals surface area contributed by atoms with E-state index in [0.717, 1.165) is 6.07 Å². The van der Waals surface area contributed by atoms with E-state index in [4.69, 9.17) is 23.4 Å². The van der Waals surface area contributed by atoms with E-state index in [1.54, 1.807) is 12.1 Å². The lowest BCUT2D eigenvalue weighted by molar-refractivity contribution is -0.242. The quantitative estimate of drug-likeness (QED) is 0.197. The lowest BCUT2D eigenvalue weighted by Gasteiger charge is -2.32. The first-order valence-corrected chi connectivity index (χ1v) is 11.6. The van der Waals surface area contributed by atoms with Crippen LogP contribution in [0.1, 0.15) is 0 Å². The Morgan fingerprint density at radius 2 is 1.58 bits per heavy atom. The van der Waals surface area contributed by atoms with Crippen LogP contribution >= 0.6 is 0 Å². The van der Waals surface area contributed by atoms with E-state index >= 15 is 0 Å². The van der Waals surface area contributed by atoms with Crippen LogP contribution in [0.25, 0.3) is 22.3 Å². The van der Waals surface area contributed by atoms with Gasteiger partial charge in [0.25, 0.3) is 0 Å². The molecule has 0 amide bonds. The fourth-order valence-electron chi connectivity index (χ4n) is 4.34. The van der Waals surface area contributed by atoms with Gasteiger partial charge in [0.1, 0.15) is 51.3 Å². The molecule has 2 saturated heterocycles. The number of hydrogen-bond donors (Lipinski definition) is 7. The minimum atomic E-state index is -1.99. The van der Waals surface area contributed by atoms with Crippen molar-refractivity contribution in [2.75, 3.05) is 26.4 Å². The van der Waals surface area contributed by atoms with Gasteiger partial charge in [-0.3, -0.25) is 4.79 Å². The van der Waals surface area contributed by atoms with Crippen LogP contribution in [0, 0.1) is 0 Å². The second kappa shape index (κ2) is 9.80. The van der Waals surface area contributed by atoms with Gasteiger partial charge < -0.3 is 59.1 Å². The van der Waals surface area contributed by atoms with Crippen LogP contribution in [-0.2, 0) is 14.2 Å². The molecule has 1 aromatic heterocycles. The van der Waals surface area contributed by atoms with E-state index in [9.17, 15) is 40.5 Å². The lowest BCUT2D eigenvalue weighted by Crippen LogP contribution is -2.54. The van der Waals surface area contributed by atoms with Gasteiger partial charge in [-0.15, -0.1) is 0 Å². The van der Waals surface area contributed by atoms with Gasteiger partial charge in [0.2, 0.25) is 6.29 Å². The zero-order valence-corrected chi connectivity index (χ0v) is 19.8. The minimum Gasteiger partial charge on any atom is -0.508 e. The van der Waals surface area contributed by atoms with Gasteiger partial charge in [-0.1, -0.05) is 0 Å². The van der Waals surface area contributed by atoms with Crippen LogP contribution in [0.4, 0.5) is 0 Å². The molecule has 2 aliphatic rings. The lowest BCUT2D eigenvalue weighted by atomic mass is 9.99. The number of hydrogen-bond acceptors (Lipinski definition) is 13. The average Bonchev–Trinajstić information content (AvgIpc) is 3.36. The number of rotatable bonds is 7. The molecule has 0 spiro atoms. The highest BCUT2D eigenvalue weighted by Crippen LogP contribution is 2.37. The Hall–Kier alpha value is -3.27. The number of aromatic hydroxyl groups is 2. The van der Waals surface area contributed by atoms with Gasteiger partial charge in [0.15, 0.2) is 17.8 Å². The van der Waals surface area contributed by atoms with Crippen molar-refractivity contribution < 1.29 is 59.1 Å². The molecule has 2 fully saturated rings. The predicted octanol–water partition coefficient (Wildman–Crippen LogP) is -0.845. The summed E-state index contributed by atoms with van der Waals surface area (Å²) in [7, 11) is 0. The second-order valence-corrected chi connectivity index (χ2v) is 9.34. The minimum absolute atomic E-state index is 0.0259. The van der Waals surface area contributed by atoms with Crippen LogP contribution in [-0.4, -0.2) is 98.2 Å². The molecule has 204 valence electrons. The maximum absolute atomic E-state index is 12.7. The zero-order valence-electron chi connectivity index (χ0n) is 19.8. The first-order chi connectivity index (χ1) is 18.1. The highest BCUT2D eigenvalue weighted by atomic mass is 16.8. The summed E-state index contributed by atoms with van der Waals surface area (Å²) in [5, 5.41) is 70.4. The Morgan fingerprint density at radius 1 is 0.921 bits per heavy atom. The van der Waals surface area contributed by atoms with E-state index in [-0.39, 0.29) is 28.2 Å². The topological polar surface area (TPSA) is 209 Å². The fraction of sp³-hybridized carbons (Fsp3) is 0.400. The van der Waals surface area contributed by atoms with E-state index in [1.807, 2.05) is 0 Å². The van der Waals surface area contributed by atoms with Crippen LogP contribution in [0.2, 0.25) is 0 Å². The molecule has 13 nitrogen and oxygen atoms in total. The Kier molecular flexibility index (Phi) is 6.79. The molecule has 0 radical (unpaired) electrons. The molecule has 0 aliphatic carbocycles. The van der Waals surface area contributed by atoms with Crippen molar-refractivity contribution in [3.05, 3.63) is 52.7 Å². The van der Waals surface area contributed by atoms with Crippen molar-refractivity contribution in [3.63, 3.8) is 0 Å². The van der Waals surface area contributed by atoms with Gasteiger partial charge in [0.05, 0.1) is 26.4 Å².